The lowest BCUT2D eigenvalue weighted by molar-refractivity contribution is -0.148. The van der Waals surface area contributed by atoms with Gasteiger partial charge in [0.25, 0.3) is 5.56 Å². The maximum absolute atomic E-state index is 12.3. The number of esters is 1. The highest BCUT2D eigenvalue weighted by molar-refractivity contribution is 5.84. The second-order valence-corrected chi connectivity index (χ2v) is 5.90. The predicted octanol–water partition coefficient (Wildman–Crippen LogP) is 2.91. The number of nitrogens with one attached hydrogen (secondary N) is 1. The van der Waals surface area contributed by atoms with E-state index in [-0.39, 0.29) is 12.0 Å². The van der Waals surface area contributed by atoms with E-state index in [0.29, 0.717) is 28.0 Å². The van der Waals surface area contributed by atoms with E-state index in [1.165, 1.54) is 0 Å². The van der Waals surface area contributed by atoms with Gasteiger partial charge in [-0.1, -0.05) is 29.4 Å². The van der Waals surface area contributed by atoms with Crippen LogP contribution in [0.2, 0.25) is 0 Å². The molecule has 0 aliphatic rings. The Labute approximate surface area is 147 Å². The number of nitrogens with zero attached hydrogens (tertiary/aromatic N) is 2. The van der Waals surface area contributed by atoms with Crippen LogP contribution in [-0.2, 0) is 16.0 Å². The SMILES string of the molecule is C[C@H](OC(=O)Cc1noc2ccccc12)c1nc2ccccc2c(=O)[nH]1. The first-order valence-corrected chi connectivity index (χ1v) is 8.13. The van der Waals surface area contributed by atoms with Crippen LogP contribution in [0.5, 0.6) is 0 Å². The summed E-state index contributed by atoms with van der Waals surface area (Å²) < 4.78 is 10.6. The van der Waals surface area contributed by atoms with Gasteiger partial charge in [0.05, 0.1) is 17.3 Å². The maximum atomic E-state index is 12.3. The lowest BCUT2D eigenvalue weighted by Gasteiger charge is -2.12. The van der Waals surface area contributed by atoms with Crippen molar-refractivity contribution in [3.05, 3.63) is 70.4 Å². The molecule has 0 saturated heterocycles. The number of benzene rings is 2. The molecule has 0 radical (unpaired) electrons. The van der Waals surface area contributed by atoms with Gasteiger partial charge in [-0.2, -0.15) is 0 Å². The van der Waals surface area contributed by atoms with Crippen molar-refractivity contribution in [3.8, 4) is 0 Å². The van der Waals surface area contributed by atoms with E-state index in [4.69, 9.17) is 9.26 Å². The Morgan fingerprint density at radius 3 is 2.73 bits per heavy atom. The van der Waals surface area contributed by atoms with Crippen LogP contribution in [0.25, 0.3) is 21.9 Å². The Morgan fingerprint density at radius 1 is 1.15 bits per heavy atom. The molecular formula is C19H15N3O4. The van der Waals surface area contributed by atoms with E-state index >= 15 is 0 Å². The molecule has 0 spiro atoms. The summed E-state index contributed by atoms with van der Waals surface area (Å²) in [5, 5.41) is 5.18. The number of aromatic nitrogens is 3. The summed E-state index contributed by atoms with van der Waals surface area (Å²) in [6, 6.07) is 14.3. The van der Waals surface area contributed by atoms with E-state index in [1.54, 1.807) is 37.3 Å². The van der Waals surface area contributed by atoms with Crippen molar-refractivity contribution in [1.82, 2.24) is 15.1 Å². The molecule has 0 bridgehead atoms. The molecule has 0 aliphatic carbocycles. The largest absolute Gasteiger partial charge is 0.454 e. The maximum Gasteiger partial charge on any atom is 0.312 e. The Kier molecular flexibility index (Phi) is 3.96. The number of rotatable bonds is 4. The van der Waals surface area contributed by atoms with Gasteiger partial charge in [0.1, 0.15) is 5.69 Å². The fourth-order valence-electron chi connectivity index (χ4n) is 2.79. The minimum absolute atomic E-state index is 0.0286. The second kappa shape index (κ2) is 6.44. The summed E-state index contributed by atoms with van der Waals surface area (Å²) in [6.07, 6.45) is -0.725. The fraction of sp³-hybridized carbons (Fsp3) is 0.158. The number of carbonyl (C=O) groups excluding carboxylic acids is 1. The first kappa shape index (κ1) is 16.0. The number of hydrogen-bond acceptors (Lipinski definition) is 6. The van der Waals surface area contributed by atoms with E-state index in [9.17, 15) is 9.59 Å². The van der Waals surface area contributed by atoms with Crippen molar-refractivity contribution >= 4 is 27.8 Å². The van der Waals surface area contributed by atoms with Crippen molar-refractivity contribution in [2.45, 2.75) is 19.4 Å². The Balaban J connectivity index is 1.53. The summed E-state index contributed by atoms with van der Waals surface area (Å²) in [7, 11) is 0. The van der Waals surface area contributed by atoms with Crippen LogP contribution in [0.15, 0.2) is 57.8 Å². The minimum Gasteiger partial charge on any atom is -0.454 e. The second-order valence-electron chi connectivity index (χ2n) is 5.90. The quantitative estimate of drug-likeness (QED) is 0.569. The third-order valence-corrected chi connectivity index (χ3v) is 4.09. The van der Waals surface area contributed by atoms with Crippen molar-refractivity contribution in [1.29, 1.82) is 0 Å². The number of carbonyl (C=O) groups is 1. The van der Waals surface area contributed by atoms with Crippen LogP contribution >= 0.6 is 0 Å². The zero-order valence-corrected chi connectivity index (χ0v) is 13.9. The van der Waals surface area contributed by atoms with Crippen molar-refractivity contribution in [2.24, 2.45) is 0 Å². The number of fused-ring (bicyclic) bond motifs is 2. The molecule has 2 heterocycles. The van der Waals surface area contributed by atoms with Crippen LogP contribution in [0, 0.1) is 0 Å². The van der Waals surface area contributed by atoms with Crippen LogP contribution in [0.3, 0.4) is 0 Å². The van der Waals surface area contributed by atoms with Gasteiger partial charge in [-0.05, 0) is 31.2 Å². The molecule has 2 aromatic carbocycles. The smallest absolute Gasteiger partial charge is 0.312 e. The molecular weight excluding hydrogens is 334 g/mol. The number of para-hydroxylation sites is 2. The molecule has 1 N–H and O–H groups in total. The molecule has 0 saturated carbocycles. The van der Waals surface area contributed by atoms with Gasteiger partial charge in [0.2, 0.25) is 0 Å². The Bertz CT molecular complexity index is 1160. The first-order valence-electron chi connectivity index (χ1n) is 8.13. The van der Waals surface area contributed by atoms with Crippen molar-refractivity contribution < 1.29 is 14.1 Å². The molecule has 0 fully saturated rings. The highest BCUT2D eigenvalue weighted by atomic mass is 16.5. The lowest BCUT2D eigenvalue weighted by Crippen LogP contribution is -2.18. The Hall–Kier alpha value is -3.48. The number of H-pyrrole nitrogens is 1. The minimum atomic E-state index is -0.696. The standard InChI is InChI=1S/C19H15N3O4/c1-11(18-20-14-8-4-2-7-13(14)19(24)21-18)25-17(23)10-15-12-6-3-5-9-16(12)26-22-15/h2-9,11H,10H2,1H3,(H,20,21,24)/t11-/m0/s1. The fourth-order valence-corrected chi connectivity index (χ4v) is 2.79. The predicted molar refractivity (Wildman–Crippen MR) is 94.6 cm³/mol. The molecule has 0 amide bonds. The highest BCUT2D eigenvalue weighted by Gasteiger charge is 2.18. The van der Waals surface area contributed by atoms with Gasteiger partial charge < -0.3 is 14.2 Å². The number of hydrogen-bond donors (Lipinski definition) is 1. The summed E-state index contributed by atoms with van der Waals surface area (Å²) in [6.45, 7) is 1.66. The monoisotopic (exact) mass is 349 g/mol. The molecule has 7 nitrogen and oxygen atoms in total. The Morgan fingerprint density at radius 2 is 1.88 bits per heavy atom. The zero-order chi connectivity index (χ0) is 18.1. The third-order valence-electron chi connectivity index (χ3n) is 4.09. The summed E-state index contributed by atoms with van der Waals surface area (Å²) in [5.41, 5.74) is 1.41. The summed E-state index contributed by atoms with van der Waals surface area (Å²) in [5.74, 6) is -0.181. The molecule has 0 aliphatic heterocycles. The molecule has 2 aromatic heterocycles. The molecule has 1 atom stereocenters. The van der Waals surface area contributed by atoms with Gasteiger partial charge in [-0.15, -0.1) is 0 Å². The average Bonchev–Trinajstić information content (AvgIpc) is 3.04. The van der Waals surface area contributed by atoms with Crippen molar-refractivity contribution in [3.63, 3.8) is 0 Å². The molecule has 0 unspecified atom stereocenters. The van der Waals surface area contributed by atoms with Crippen molar-refractivity contribution in [2.75, 3.05) is 0 Å². The zero-order valence-electron chi connectivity index (χ0n) is 13.9. The summed E-state index contributed by atoms with van der Waals surface area (Å²) >= 11 is 0. The van der Waals surface area contributed by atoms with E-state index < -0.39 is 12.1 Å². The van der Waals surface area contributed by atoms with E-state index in [1.807, 2.05) is 18.2 Å². The van der Waals surface area contributed by atoms with Gasteiger partial charge in [0, 0.05) is 5.39 Å². The summed E-state index contributed by atoms with van der Waals surface area (Å²) in [4.78, 5) is 31.4. The van der Waals surface area contributed by atoms with Gasteiger partial charge in [-0.25, -0.2) is 4.98 Å². The van der Waals surface area contributed by atoms with Gasteiger partial charge in [-0.3, -0.25) is 9.59 Å². The van der Waals surface area contributed by atoms with Crippen LogP contribution < -0.4 is 5.56 Å². The molecule has 4 rings (SSSR count). The highest BCUT2D eigenvalue weighted by Crippen LogP contribution is 2.20. The first-order chi connectivity index (χ1) is 12.6. The topological polar surface area (TPSA) is 98.1 Å². The molecule has 4 aromatic rings. The van der Waals surface area contributed by atoms with Crippen LogP contribution in [-0.4, -0.2) is 21.1 Å². The van der Waals surface area contributed by atoms with E-state index in [2.05, 4.69) is 15.1 Å². The van der Waals surface area contributed by atoms with Gasteiger partial charge in [0.15, 0.2) is 17.5 Å². The average molecular weight is 349 g/mol. The van der Waals surface area contributed by atoms with Gasteiger partial charge >= 0.3 is 5.97 Å². The molecule has 130 valence electrons. The van der Waals surface area contributed by atoms with Crippen LogP contribution in [0.4, 0.5) is 0 Å². The molecule has 7 heteroatoms. The lowest BCUT2D eigenvalue weighted by atomic mass is 10.2. The third kappa shape index (κ3) is 2.95. The van der Waals surface area contributed by atoms with Crippen LogP contribution in [0.1, 0.15) is 24.5 Å². The van der Waals surface area contributed by atoms with E-state index in [0.717, 1.165) is 5.39 Å². The number of aromatic amines is 1. The molecule has 26 heavy (non-hydrogen) atoms. The normalized spacial score (nSPS) is 12.3. The number of ether oxygens (including phenoxy) is 1.